The Labute approximate surface area is 239 Å². The molecular weight excluding hydrogens is 545 g/mol. The van der Waals surface area contributed by atoms with Crippen LogP contribution in [0, 0.1) is 6.92 Å². The number of carbonyl (C=O) groups is 1. The number of aliphatic hydroxyl groups is 1. The predicted octanol–water partition coefficient (Wildman–Crippen LogP) is 5.47. The number of alkyl halides is 3. The van der Waals surface area contributed by atoms with Crippen LogP contribution in [-0.2, 0) is 6.18 Å². The maximum Gasteiger partial charge on any atom is 0.416 e. The third kappa shape index (κ3) is 5.53. The summed E-state index contributed by atoms with van der Waals surface area (Å²) in [5, 5.41) is 13.9. The zero-order valence-corrected chi connectivity index (χ0v) is 22.9. The minimum Gasteiger partial charge on any atom is -0.395 e. The first-order chi connectivity index (χ1) is 20.2. The number of aromatic nitrogens is 3. The highest BCUT2D eigenvalue weighted by Gasteiger charge is 2.33. The second kappa shape index (κ2) is 11.1. The van der Waals surface area contributed by atoms with Gasteiger partial charge in [0.05, 0.1) is 12.2 Å². The van der Waals surface area contributed by atoms with Gasteiger partial charge in [-0.15, -0.1) is 0 Å². The lowest BCUT2D eigenvalue weighted by Crippen LogP contribution is -2.47. The van der Waals surface area contributed by atoms with Gasteiger partial charge in [0.1, 0.15) is 12.0 Å². The summed E-state index contributed by atoms with van der Waals surface area (Å²) >= 11 is 0. The number of benzene rings is 3. The number of aromatic amines is 1. The van der Waals surface area contributed by atoms with E-state index in [4.69, 9.17) is 0 Å². The summed E-state index contributed by atoms with van der Waals surface area (Å²) in [6, 6.07) is 14.9. The van der Waals surface area contributed by atoms with Crippen LogP contribution in [0.2, 0.25) is 0 Å². The van der Waals surface area contributed by atoms with E-state index in [-0.39, 0.29) is 12.2 Å². The Morgan fingerprint density at radius 1 is 1.02 bits per heavy atom. The number of piperazine rings is 1. The number of aryl methyl sites for hydroxylation is 1. The van der Waals surface area contributed by atoms with Gasteiger partial charge in [0.2, 0.25) is 0 Å². The van der Waals surface area contributed by atoms with E-state index >= 15 is 0 Å². The Kier molecular flexibility index (Phi) is 7.29. The fourth-order valence-corrected chi connectivity index (χ4v) is 5.48. The second-order valence-corrected chi connectivity index (χ2v) is 10.5. The number of H-pyrrole nitrogens is 1. The lowest BCUT2D eigenvalue weighted by Gasteiger charge is -2.36. The van der Waals surface area contributed by atoms with E-state index in [1.807, 2.05) is 42.2 Å². The van der Waals surface area contributed by atoms with Gasteiger partial charge in [0, 0.05) is 72.1 Å². The Hall–Kier alpha value is -4.48. The smallest absolute Gasteiger partial charge is 0.395 e. The maximum absolute atomic E-state index is 13.8. The summed E-state index contributed by atoms with van der Waals surface area (Å²) in [4.78, 5) is 28.9. The molecule has 1 amide bonds. The summed E-state index contributed by atoms with van der Waals surface area (Å²) in [5.74, 6) is -0.624. The summed E-state index contributed by atoms with van der Waals surface area (Å²) in [7, 11) is 0. The molecule has 0 spiro atoms. The fourth-order valence-electron chi connectivity index (χ4n) is 5.48. The van der Waals surface area contributed by atoms with Gasteiger partial charge < -0.3 is 20.3 Å². The molecule has 42 heavy (non-hydrogen) atoms. The highest BCUT2D eigenvalue weighted by Crippen LogP contribution is 2.35. The molecule has 8 nitrogen and oxygen atoms in total. The number of fused-ring (bicyclic) bond motifs is 3. The van der Waals surface area contributed by atoms with Crippen molar-refractivity contribution in [2.24, 2.45) is 0 Å². The number of amides is 1. The molecule has 11 heteroatoms. The topological polar surface area (TPSA) is 97.4 Å². The van der Waals surface area contributed by atoms with Gasteiger partial charge in [0.15, 0.2) is 0 Å². The number of halogens is 3. The van der Waals surface area contributed by atoms with Gasteiger partial charge >= 0.3 is 6.18 Å². The zero-order valence-electron chi connectivity index (χ0n) is 22.9. The average Bonchev–Trinajstić information content (AvgIpc) is 3.36. The van der Waals surface area contributed by atoms with E-state index in [1.165, 1.54) is 12.4 Å². The number of hydrogen-bond donors (Lipinski definition) is 3. The molecule has 3 aromatic carbocycles. The lowest BCUT2D eigenvalue weighted by atomic mass is 9.98. The van der Waals surface area contributed by atoms with Crippen LogP contribution in [0.4, 0.5) is 24.5 Å². The Balaban J connectivity index is 1.28. The number of nitrogens with one attached hydrogen (secondary N) is 2. The van der Waals surface area contributed by atoms with Crippen LogP contribution in [0.1, 0.15) is 21.5 Å². The number of anilines is 2. The monoisotopic (exact) mass is 574 g/mol. The first-order valence-corrected chi connectivity index (χ1v) is 13.6. The fraction of sp³-hybridized carbons (Fsp3) is 0.258. The third-order valence-corrected chi connectivity index (χ3v) is 7.74. The molecule has 0 atom stereocenters. The molecule has 2 aromatic heterocycles. The van der Waals surface area contributed by atoms with Crippen molar-refractivity contribution >= 4 is 39.2 Å². The highest BCUT2D eigenvalue weighted by atomic mass is 19.4. The Bertz CT molecular complexity index is 1780. The third-order valence-electron chi connectivity index (χ3n) is 7.74. The molecule has 0 unspecified atom stereocenters. The standard InChI is InChI=1S/C31H29F3N6O2/c1-19-2-4-23(16-26(19)20-3-5-25-27-17-35-18-36-29(27)38-28(25)14-20)37-30(42)21-12-22(31(32,33)34)15-24(13-21)40-8-6-39(7-9-40)10-11-41/h2-5,12-18,41H,6-11H2,1H3,(H,37,42)(H,35,36,38). The molecule has 0 saturated carbocycles. The summed E-state index contributed by atoms with van der Waals surface area (Å²) in [6.07, 6.45) is -1.35. The summed E-state index contributed by atoms with van der Waals surface area (Å²) < 4.78 is 41.5. The number of β-amino-alcohol motifs (C(OH)–C–C–N with tert-alkyl or cyclic N) is 1. The van der Waals surface area contributed by atoms with Crippen molar-refractivity contribution in [2.45, 2.75) is 13.1 Å². The molecule has 0 bridgehead atoms. The molecule has 6 rings (SSSR count). The molecule has 1 fully saturated rings. The van der Waals surface area contributed by atoms with Gasteiger partial charge in [-0.2, -0.15) is 13.2 Å². The van der Waals surface area contributed by atoms with E-state index in [1.54, 1.807) is 12.3 Å². The Morgan fingerprint density at radius 2 is 1.83 bits per heavy atom. The molecule has 0 radical (unpaired) electrons. The van der Waals surface area contributed by atoms with E-state index in [9.17, 15) is 23.1 Å². The van der Waals surface area contributed by atoms with Crippen molar-refractivity contribution in [1.29, 1.82) is 0 Å². The van der Waals surface area contributed by atoms with Gasteiger partial charge in [-0.3, -0.25) is 9.69 Å². The Morgan fingerprint density at radius 3 is 2.60 bits per heavy atom. The van der Waals surface area contributed by atoms with Gasteiger partial charge in [-0.25, -0.2) is 9.97 Å². The second-order valence-electron chi connectivity index (χ2n) is 10.5. The SMILES string of the molecule is Cc1ccc(NC(=O)c2cc(N3CCN(CCO)CC3)cc(C(F)(F)F)c2)cc1-c1ccc2c(c1)[nH]c1ncncc12. The van der Waals surface area contributed by atoms with Crippen LogP contribution in [0.25, 0.3) is 33.1 Å². The van der Waals surface area contributed by atoms with E-state index in [0.29, 0.717) is 44.1 Å². The van der Waals surface area contributed by atoms with Crippen LogP contribution >= 0.6 is 0 Å². The van der Waals surface area contributed by atoms with E-state index < -0.39 is 17.6 Å². The highest BCUT2D eigenvalue weighted by molar-refractivity contribution is 6.07. The molecule has 0 aliphatic carbocycles. The molecule has 1 saturated heterocycles. The quantitative estimate of drug-likeness (QED) is 0.249. The molecule has 5 aromatic rings. The van der Waals surface area contributed by atoms with Gasteiger partial charge in [-0.1, -0.05) is 18.2 Å². The van der Waals surface area contributed by atoms with Crippen LogP contribution in [0.15, 0.2) is 67.1 Å². The van der Waals surface area contributed by atoms with Crippen molar-refractivity contribution in [1.82, 2.24) is 19.9 Å². The average molecular weight is 575 g/mol. The predicted molar refractivity (Wildman–Crippen MR) is 157 cm³/mol. The number of nitrogens with zero attached hydrogens (tertiary/aromatic N) is 4. The number of rotatable bonds is 6. The van der Waals surface area contributed by atoms with Gasteiger partial charge in [-0.05, 0) is 60.0 Å². The summed E-state index contributed by atoms with van der Waals surface area (Å²) in [6.45, 7) is 4.73. The molecule has 1 aliphatic rings. The van der Waals surface area contributed by atoms with Crippen LogP contribution in [0.3, 0.4) is 0 Å². The van der Waals surface area contributed by atoms with Crippen LogP contribution in [0.5, 0.6) is 0 Å². The van der Waals surface area contributed by atoms with E-state index in [0.717, 1.165) is 50.8 Å². The maximum atomic E-state index is 13.8. The van der Waals surface area contributed by atoms with Crippen molar-refractivity contribution in [3.8, 4) is 11.1 Å². The first-order valence-electron chi connectivity index (χ1n) is 13.6. The van der Waals surface area contributed by atoms with Crippen molar-refractivity contribution in [2.75, 3.05) is 49.5 Å². The van der Waals surface area contributed by atoms with Gasteiger partial charge in [0.25, 0.3) is 5.91 Å². The zero-order chi connectivity index (χ0) is 29.4. The number of carbonyl (C=O) groups excluding carboxylic acids is 1. The normalized spacial score (nSPS) is 14.5. The molecule has 3 heterocycles. The minimum atomic E-state index is -4.60. The largest absolute Gasteiger partial charge is 0.416 e. The minimum absolute atomic E-state index is 0.0292. The van der Waals surface area contributed by atoms with Crippen molar-refractivity contribution < 1.29 is 23.1 Å². The van der Waals surface area contributed by atoms with Crippen LogP contribution in [-0.4, -0.2) is 70.2 Å². The lowest BCUT2D eigenvalue weighted by molar-refractivity contribution is -0.137. The van der Waals surface area contributed by atoms with E-state index in [2.05, 4.69) is 25.2 Å². The number of hydrogen-bond acceptors (Lipinski definition) is 6. The van der Waals surface area contributed by atoms with Crippen LogP contribution < -0.4 is 10.2 Å². The molecule has 3 N–H and O–H groups in total. The molecule has 1 aliphatic heterocycles. The molecule has 216 valence electrons. The summed E-state index contributed by atoms with van der Waals surface area (Å²) in [5.41, 5.74) is 4.28. The van der Waals surface area contributed by atoms with Crippen molar-refractivity contribution in [3.05, 3.63) is 83.8 Å². The molecular formula is C31H29F3N6O2. The number of aliphatic hydroxyl groups excluding tert-OH is 1. The van der Waals surface area contributed by atoms with Crippen molar-refractivity contribution in [3.63, 3.8) is 0 Å². The first kappa shape index (κ1) is 27.7.